The first kappa shape index (κ1) is 20.5. The number of ether oxygens (including phenoxy) is 1. The van der Waals surface area contributed by atoms with Crippen molar-refractivity contribution >= 4 is 11.9 Å². The smallest absolute Gasteiger partial charge is 0.308 e. The summed E-state index contributed by atoms with van der Waals surface area (Å²) in [5.74, 6) is -1.29. The number of amides is 1. The number of para-hydroxylation sites is 1. The number of benzene rings is 1. The third-order valence-electron chi connectivity index (χ3n) is 3.98. The van der Waals surface area contributed by atoms with Crippen LogP contribution in [-0.2, 0) is 4.79 Å². The monoisotopic (exact) mass is 373 g/mol. The van der Waals surface area contributed by atoms with Gasteiger partial charge in [-0.05, 0) is 24.5 Å². The maximum atomic E-state index is 12.6. The van der Waals surface area contributed by atoms with Gasteiger partial charge < -0.3 is 15.2 Å². The molecule has 2 N–H and O–H groups in total. The summed E-state index contributed by atoms with van der Waals surface area (Å²) in [5, 5.41) is 16.3. The first-order valence-electron chi connectivity index (χ1n) is 9.21. The van der Waals surface area contributed by atoms with E-state index in [9.17, 15) is 14.7 Å². The zero-order chi connectivity index (χ0) is 19.8. The molecule has 1 atom stereocenters. The standard InChI is InChI=1S/C20H27N3O4/c1-4-8-15(20(25)26)11-21-19(24)18-17(27-13-14(2)3)12-23(22-18)16-9-6-5-7-10-16/h5-7,9-10,12,14-15H,4,8,11,13H2,1-3H3,(H,21,24)(H,25,26). The van der Waals surface area contributed by atoms with Gasteiger partial charge in [0.15, 0.2) is 11.4 Å². The van der Waals surface area contributed by atoms with E-state index in [0.717, 1.165) is 12.1 Å². The minimum Gasteiger partial charge on any atom is -0.489 e. The molecule has 0 radical (unpaired) electrons. The number of aliphatic carboxylic acids is 1. The molecule has 0 fully saturated rings. The van der Waals surface area contributed by atoms with Gasteiger partial charge in [-0.3, -0.25) is 9.59 Å². The van der Waals surface area contributed by atoms with Crippen LogP contribution in [0.25, 0.3) is 5.69 Å². The largest absolute Gasteiger partial charge is 0.489 e. The highest BCUT2D eigenvalue weighted by Crippen LogP contribution is 2.21. The van der Waals surface area contributed by atoms with Crippen molar-refractivity contribution in [2.75, 3.05) is 13.2 Å². The topological polar surface area (TPSA) is 93.5 Å². The third-order valence-corrected chi connectivity index (χ3v) is 3.98. The Balaban J connectivity index is 2.20. The van der Waals surface area contributed by atoms with Gasteiger partial charge in [0.2, 0.25) is 0 Å². The van der Waals surface area contributed by atoms with E-state index in [4.69, 9.17) is 4.74 Å². The number of aromatic nitrogens is 2. The third kappa shape index (κ3) is 5.84. The van der Waals surface area contributed by atoms with Crippen LogP contribution in [0.15, 0.2) is 36.5 Å². The Kier molecular flexibility index (Phi) is 7.40. The van der Waals surface area contributed by atoms with Gasteiger partial charge in [0.05, 0.1) is 24.4 Å². The van der Waals surface area contributed by atoms with Crippen LogP contribution in [0.2, 0.25) is 0 Å². The van der Waals surface area contributed by atoms with Crippen molar-refractivity contribution in [3.05, 3.63) is 42.2 Å². The molecule has 0 aliphatic carbocycles. The Labute approximate surface area is 159 Å². The summed E-state index contributed by atoms with van der Waals surface area (Å²) < 4.78 is 7.35. The number of rotatable bonds is 10. The summed E-state index contributed by atoms with van der Waals surface area (Å²) >= 11 is 0. The molecule has 1 aromatic heterocycles. The summed E-state index contributed by atoms with van der Waals surface area (Å²) in [6.07, 6.45) is 2.91. The Morgan fingerprint density at radius 3 is 2.56 bits per heavy atom. The Morgan fingerprint density at radius 2 is 1.96 bits per heavy atom. The summed E-state index contributed by atoms with van der Waals surface area (Å²) in [5.41, 5.74) is 0.959. The number of nitrogens with one attached hydrogen (secondary N) is 1. The molecule has 1 unspecified atom stereocenters. The van der Waals surface area contributed by atoms with Gasteiger partial charge in [-0.1, -0.05) is 45.4 Å². The molecule has 2 aromatic rings. The van der Waals surface area contributed by atoms with Crippen molar-refractivity contribution in [1.29, 1.82) is 0 Å². The van der Waals surface area contributed by atoms with Crippen molar-refractivity contribution in [2.24, 2.45) is 11.8 Å². The predicted octanol–water partition coefficient (Wildman–Crippen LogP) is 3.14. The highest BCUT2D eigenvalue weighted by Gasteiger charge is 2.22. The number of carbonyl (C=O) groups excluding carboxylic acids is 1. The van der Waals surface area contributed by atoms with Gasteiger partial charge in [-0.15, -0.1) is 0 Å². The first-order valence-corrected chi connectivity index (χ1v) is 9.21. The maximum absolute atomic E-state index is 12.6. The molecule has 0 spiro atoms. The molecule has 1 heterocycles. The van der Waals surface area contributed by atoms with Crippen LogP contribution in [0.3, 0.4) is 0 Å². The number of nitrogens with zero attached hydrogens (tertiary/aromatic N) is 2. The highest BCUT2D eigenvalue weighted by molar-refractivity contribution is 5.95. The molecule has 0 aliphatic rings. The Morgan fingerprint density at radius 1 is 1.26 bits per heavy atom. The van der Waals surface area contributed by atoms with Crippen LogP contribution in [0, 0.1) is 11.8 Å². The molecule has 7 heteroatoms. The van der Waals surface area contributed by atoms with E-state index in [1.807, 2.05) is 51.1 Å². The van der Waals surface area contributed by atoms with Crippen LogP contribution < -0.4 is 10.1 Å². The molecule has 27 heavy (non-hydrogen) atoms. The van der Waals surface area contributed by atoms with E-state index in [-0.39, 0.29) is 12.2 Å². The summed E-state index contributed by atoms with van der Waals surface area (Å²) in [7, 11) is 0. The zero-order valence-corrected chi connectivity index (χ0v) is 16.0. The molecular weight excluding hydrogens is 346 g/mol. The van der Waals surface area contributed by atoms with Crippen LogP contribution in [-0.4, -0.2) is 39.9 Å². The van der Waals surface area contributed by atoms with E-state index < -0.39 is 17.8 Å². The second-order valence-electron chi connectivity index (χ2n) is 6.86. The van der Waals surface area contributed by atoms with Gasteiger partial charge >= 0.3 is 5.97 Å². The van der Waals surface area contributed by atoms with Crippen molar-refractivity contribution in [3.8, 4) is 11.4 Å². The molecule has 1 aromatic carbocycles. The van der Waals surface area contributed by atoms with E-state index >= 15 is 0 Å². The molecule has 2 rings (SSSR count). The molecular formula is C20H27N3O4. The molecule has 1 amide bonds. The molecule has 0 aliphatic heterocycles. The minimum absolute atomic E-state index is 0.0593. The number of carbonyl (C=O) groups is 2. The lowest BCUT2D eigenvalue weighted by atomic mass is 10.0. The second kappa shape index (κ2) is 9.75. The SMILES string of the molecule is CCCC(CNC(=O)c1nn(-c2ccccc2)cc1OCC(C)C)C(=O)O. The molecule has 0 saturated carbocycles. The van der Waals surface area contributed by atoms with Crippen LogP contribution >= 0.6 is 0 Å². The summed E-state index contributed by atoms with van der Waals surface area (Å²) in [6, 6.07) is 9.42. The lowest BCUT2D eigenvalue weighted by Gasteiger charge is -2.12. The number of carboxylic acid groups (broad SMARTS) is 1. The molecule has 7 nitrogen and oxygen atoms in total. The average molecular weight is 373 g/mol. The van der Waals surface area contributed by atoms with E-state index in [0.29, 0.717) is 24.7 Å². The van der Waals surface area contributed by atoms with E-state index in [1.54, 1.807) is 10.9 Å². The molecule has 0 bridgehead atoms. The maximum Gasteiger partial charge on any atom is 0.308 e. The van der Waals surface area contributed by atoms with Crippen molar-refractivity contribution < 1.29 is 19.4 Å². The molecule has 146 valence electrons. The fraction of sp³-hybridized carbons (Fsp3) is 0.450. The quantitative estimate of drug-likeness (QED) is 0.667. The fourth-order valence-corrected chi connectivity index (χ4v) is 2.55. The van der Waals surface area contributed by atoms with E-state index in [2.05, 4.69) is 10.4 Å². The predicted molar refractivity (Wildman–Crippen MR) is 102 cm³/mol. The van der Waals surface area contributed by atoms with Gasteiger partial charge in [-0.2, -0.15) is 5.10 Å². The highest BCUT2D eigenvalue weighted by atomic mass is 16.5. The van der Waals surface area contributed by atoms with Crippen LogP contribution in [0.4, 0.5) is 0 Å². The summed E-state index contributed by atoms with van der Waals surface area (Å²) in [4.78, 5) is 23.9. The van der Waals surface area contributed by atoms with Crippen molar-refractivity contribution in [1.82, 2.24) is 15.1 Å². The van der Waals surface area contributed by atoms with Gasteiger partial charge in [-0.25, -0.2) is 4.68 Å². The van der Waals surface area contributed by atoms with Gasteiger partial charge in [0.25, 0.3) is 5.91 Å². The molecule has 0 saturated heterocycles. The van der Waals surface area contributed by atoms with Gasteiger partial charge in [0.1, 0.15) is 0 Å². The van der Waals surface area contributed by atoms with Crippen LogP contribution in [0.1, 0.15) is 44.1 Å². The van der Waals surface area contributed by atoms with Gasteiger partial charge in [0, 0.05) is 6.54 Å². The number of hydrogen-bond acceptors (Lipinski definition) is 4. The zero-order valence-electron chi connectivity index (χ0n) is 16.0. The van der Waals surface area contributed by atoms with Crippen molar-refractivity contribution in [2.45, 2.75) is 33.6 Å². The fourth-order valence-electron chi connectivity index (χ4n) is 2.55. The number of carboxylic acids is 1. The first-order chi connectivity index (χ1) is 12.9. The van der Waals surface area contributed by atoms with Crippen molar-refractivity contribution in [3.63, 3.8) is 0 Å². The Hall–Kier alpha value is -2.83. The normalized spacial score (nSPS) is 12.0. The minimum atomic E-state index is -0.914. The van der Waals surface area contributed by atoms with Crippen LogP contribution in [0.5, 0.6) is 5.75 Å². The average Bonchev–Trinajstić information content (AvgIpc) is 3.08. The number of hydrogen-bond donors (Lipinski definition) is 2. The lowest BCUT2D eigenvalue weighted by Crippen LogP contribution is -2.33. The Bertz CT molecular complexity index is 756. The lowest BCUT2D eigenvalue weighted by molar-refractivity contribution is -0.141. The summed E-state index contributed by atoms with van der Waals surface area (Å²) in [6.45, 7) is 6.46. The second-order valence-corrected chi connectivity index (χ2v) is 6.86. The van der Waals surface area contributed by atoms with E-state index in [1.165, 1.54) is 0 Å².